The van der Waals surface area contributed by atoms with Gasteiger partial charge in [0.1, 0.15) is 5.75 Å². The van der Waals surface area contributed by atoms with E-state index in [4.69, 9.17) is 33.1 Å². The number of thiocarbonyl (C=S) groups is 1. The van der Waals surface area contributed by atoms with Gasteiger partial charge in [-0.25, -0.2) is 0 Å². The summed E-state index contributed by atoms with van der Waals surface area (Å²) in [7, 11) is 1.62. The van der Waals surface area contributed by atoms with Crippen molar-refractivity contribution in [3.05, 3.63) is 59.4 Å². The molecule has 1 aromatic heterocycles. The maximum absolute atomic E-state index is 5.85. The van der Waals surface area contributed by atoms with E-state index in [-0.39, 0.29) is 0 Å². The van der Waals surface area contributed by atoms with Crippen LogP contribution in [0, 0.1) is 0 Å². The largest absolute Gasteiger partial charge is 0.497 e. The van der Waals surface area contributed by atoms with E-state index in [2.05, 4.69) is 20.8 Å². The highest BCUT2D eigenvalue weighted by Gasteiger charge is 2.09. The Hall–Kier alpha value is -2.64. The average Bonchev–Trinajstić information content (AvgIpc) is 3.11. The normalized spacial score (nSPS) is 10.3. The van der Waals surface area contributed by atoms with Crippen LogP contribution >= 0.6 is 23.8 Å². The fourth-order valence-electron chi connectivity index (χ4n) is 2.05. The summed E-state index contributed by atoms with van der Waals surface area (Å²) in [5.74, 6) is 1.72. The molecule has 0 aliphatic heterocycles. The molecule has 0 saturated carbocycles. The summed E-state index contributed by atoms with van der Waals surface area (Å²) in [4.78, 5) is 4.34. The second-order valence-electron chi connectivity index (χ2n) is 5.05. The first kappa shape index (κ1) is 17.2. The highest BCUT2D eigenvalue weighted by Crippen LogP contribution is 2.19. The number of nitrogens with one attached hydrogen (secondary N) is 2. The van der Waals surface area contributed by atoms with Crippen LogP contribution in [0.3, 0.4) is 0 Å². The summed E-state index contributed by atoms with van der Waals surface area (Å²) in [6, 6.07) is 14.7. The molecule has 8 heteroatoms. The smallest absolute Gasteiger partial charge is 0.246 e. The molecule has 0 bridgehead atoms. The van der Waals surface area contributed by atoms with Gasteiger partial charge in [-0.2, -0.15) is 4.98 Å². The first-order valence-corrected chi connectivity index (χ1v) is 8.20. The summed E-state index contributed by atoms with van der Waals surface area (Å²) in [6.45, 7) is 0.322. The van der Waals surface area contributed by atoms with Gasteiger partial charge in [0.05, 0.1) is 13.7 Å². The summed E-state index contributed by atoms with van der Waals surface area (Å²) in [5.41, 5.74) is 1.68. The number of benzene rings is 2. The van der Waals surface area contributed by atoms with Gasteiger partial charge < -0.3 is 19.9 Å². The molecule has 2 N–H and O–H groups in total. The Morgan fingerprint density at radius 1 is 1.16 bits per heavy atom. The summed E-state index contributed by atoms with van der Waals surface area (Å²) < 4.78 is 10.4. The molecule has 3 rings (SSSR count). The van der Waals surface area contributed by atoms with Gasteiger partial charge in [-0.1, -0.05) is 16.8 Å². The number of halogens is 1. The van der Waals surface area contributed by atoms with Crippen LogP contribution in [0.25, 0.3) is 11.4 Å². The monoisotopic (exact) mass is 374 g/mol. The molecule has 0 radical (unpaired) electrons. The second kappa shape index (κ2) is 7.96. The number of hydrogen-bond donors (Lipinski definition) is 2. The molecule has 0 aliphatic carbocycles. The predicted molar refractivity (Wildman–Crippen MR) is 101 cm³/mol. The molecule has 0 spiro atoms. The molecule has 6 nitrogen and oxygen atoms in total. The number of ether oxygens (including phenoxy) is 1. The third kappa shape index (κ3) is 4.68. The van der Waals surface area contributed by atoms with E-state index in [1.54, 1.807) is 19.2 Å². The number of aromatic nitrogens is 2. The van der Waals surface area contributed by atoms with E-state index in [1.165, 1.54) is 0 Å². The van der Waals surface area contributed by atoms with Crippen molar-refractivity contribution < 1.29 is 9.26 Å². The molecular formula is C17H15ClN4O2S. The van der Waals surface area contributed by atoms with Crippen molar-refractivity contribution in [2.24, 2.45) is 0 Å². The molecule has 1 heterocycles. The zero-order chi connectivity index (χ0) is 17.6. The van der Waals surface area contributed by atoms with Crippen LogP contribution in [0.15, 0.2) is 53.1 Å². The number of nitrogens with zero attached hydrogens (tertiary/aromatic N) is 2. The van der Waals surface area contributed by atoms with Crippen molar-refractivity contribution in [3.8, 4) is 17.1 Å². The average molecular weight is 375 g/mol. The van der Waals surface area contributed by atoms with Crippen LogP contribution in [-0.2, 0) is 6.54 Å². The van der Waals surface area contributed by atoms with Crippen LogP contribution in [0.4, 0.5) is 5.69 Å². The van der Waals surface area contributed by atoms with Gasteiger partial charge in [0, 0.05) is 16.3 Å². The molecular weight excluding hydrogens is 360 g/mol. The summed E-state index contributed by atoms with van der Waals surface area (Å²) >= 11 is 11.1. The fourth-order valence-corrected chi connectivity index (χ4v) is 2.36. The van der Waals surface area contributed by atoms with Crippen LogP contribution < -0.4 is 15.4 Å². The summed E-state index contributed by atoms with van der Waals surface area (Å²) in [6.07, 6.45) is 0. The maximum Gasteiger partial charge on any atom is 0.246 e. The van der Waals surface area contributed by atoms with Gasteiger partial charge in [-0.15, -0.1) is 0 Å². The van der Waals surface area contributed by atoms with Crippen molar-refractivity contribution in [2.45, 2.75) is 6.54 Å². The Bertz CT molecular complexity index is 850. The maximum atomic E-state index is 5.85. The number of hydrogen-bond acceptors (Lipinski definition) is 5. The highest BCUT2D eigenvalue weighted by atomic mass is 35.5. The minimum atomic E-state index is 0.322. The zero-order valence-corrected chi connectivity index (χ0v) is 14.9. The van der Waals surface area contributed by atoms with E-state index in [0.29, 0.717) is 28.4 Å². The molecule has 0 aliphatic rings. The van der Waals surface area contributed by atoms with Gasteiger partial charge in [0.15, 0.2) is 5.11 Å². The highest BCUT2D eigenvalue weighted by molar-refractivity contribution is 7.80. The molecule has 0 fully saturated rings. The van der Waals surface area contributed by atoms with Gasteiger partial charge in [-0.3, -0.25) is 0 Å². The van der Waals surface area contributed by atoms with E-state index >= 15 is 0 Å². The minimum absolute atomic E-state index is 0.322. The lowest BCUT2D eigenvalue weighted by Gasteiger charge is -2.08. The van der Waals surface area contributed by atoms with Gasteiger partial charge >= 0.3 is 0 Å². The SMILES string of the molecule is COc1ccc(-c2noc(CNC(=S)Nc3ccc(Cl)cc3)n2)cc1. The van der Waals surface area contributed by atoms with Crippen molar-refractivity contribution in [2.75, 3.05) is 12.4 Å². The van der Waals surface area contributed by atoms with Crippen LogP contribution in [0.2, 0.25) is 5.02 Å². The molecule has 0 unspecified atom stereocenters. The lowest BCUT2D eigenvalue weighted by molar-refractivity contribution is 0.376. The van der Waals surface area contributed by atoms with Crippen LogP contribution in [-0.4, -0.2) is 22.4 Å². The Labute approximate surface area is 155 Å². The molecule has 2 aromatic carbocycles. The first-order valence-electron chi connectivity index (χ1n) is 7.41. The van der Waals surface area contributed by atoms with Gasteiger partial charge in [-0.05, 0) is 60.7 Å². The fraction of sp³-hybridized carbons (Fsp3) is 0.118. The van der Waals surface area contributed by atoms with Crippen molar-refractivity contribution >= 4 is 34.6 Å². The van der Waals surface area contributed by atoms with E-state index in [9.17, 15) is 0 Å². The van der Waals surface area contributed by atoms with Crippen LogP contribution in [0.1, 0.15) is 5.89 Å². The third-order valence-corrected chi connectivity index (χ3v) is 3.82. The van der Waals surface area contributed by atoms with Crippen molar-refractivity contribution in [1.82, 2.24) is 15.5 Å². The minimum Gasteiger partial charge on any atom is -0.497 e. The first-order chi connectivity index (χ1) is 12.1. The topological polar surface area (TPSA) is 72.2 Å². The Morgan fingerprint density at radius 3 is 2.56 bits per heavy atom. The third-order valence-electron chi connectivity index (χ3n) is 3.32. The number of anilines is 1. The summed E-state index contributed by atoms with van der Waals surface area (Å²) in [5, 5.41) is 11.2. The van der Waals surface area contributed by atoms with E-state index in [0.717, 1.165) is 17.0 Å². The van der Waals surface area contributed by atoms with E-state index in [1.807, 2.05) is 36.4 Å². The molecule has 0 saturated heterocycles. The predicted octanol–water partition coefficient (Wildman–Crippen LogP) is 3.89. The number of methoxy groups -OCH3 is 1. The second-order valence-corrected chi connectivity index (χ2v) is 5.90. The molecule has 128 valence electrons. The van der Waals surface area contributed by atoms with E-state index < -0.39 is 0 Å². The lowest BCUT2D eigenvalue weighted by atomic mass is 10.2. The quantitative estimate of drug-likeness (QED) is 0.656. The Kier molecular flexibility index (Phi) is 5.47. The Balaban J connectivity index is 1.55. The zero-order valence-electron chi connectivity index (χ0n) is 13.3. The van der Waals surface area contributed by atoms with Crippen molar-refractivity contribution in [1.29, 1.82) is 0 Å². The molecule has 0 amide bonds. The van der Waals surface area contributed by atoms with Crippen molar-refractivity contribution in [3.63, 3.8) is 0 Å². The lowest BCUT2D eigenvalue weighted by Crippen LogP contribution is -2.27. The Morgan fingerprint density at radius 2 is 1.88 bits per heavy atom. The van der Waals surface area contributed by atoms with Gasteiger partial charge in [0.2, 0.25) is 11.7 Å². The van der Waals surface area contributed by atoms with Gasteiger partial charge in [0.25, 0.3) is 0 Å². The molecule has 0 atom stereocenters. The van der Waals surface area contributed by atoms with Crippen LogP contribution in [0.5, 0.6) is 5.75 Å². The number of rotatable bonds is 5. The standard InChI is InChI=1S/C17H15ClN4O2S/c1-23-14-8-2-11(3-9-14)16-21-15(24-22-16)10-19-17(25)20-13-6-4-12(18)5-7-13/h2-9H,10H2,1H3,(H2,19,20,25). The molecule has 3 aromatic rings. The molecule has 25 heavy (non-hydrogen) atoms.